The van der Waals surface area contributed by atoms with Crippen LogP contribution in [0.25, 0.3) is 0 Å². The van der Waals surface area contributed by atoms with Crippen molar-refractivity contribution in [3.63, 3.8) is 0 Å². The summed E-state index contributed by atoms with van der Waals surface area (Å²) >= 11 is 6.42. The van der Waals surface area contributed by atoms with Crippen molar-refractivity contribution < 1.29 is 32.3 Å². The van der Waals surface area contributed by atoms with E-state index < -0.39 is 39.9 Å². The zero-order chi connectivity index (χ0) is 35.1. The number of piperazine rings is 1. The highest BCUT2D eigenvalue weighted by molar-refractivity contribution is 8.00. The van der Waals surface area contributed by atoms with Gasteiger partial charge in [-0.3, -0.25) is 23.9 Å². The Morgan fingerprint density at radius 3 is 2.23 bits per heavy atom. The van der Waals surface area contributed by atoms with Crippen LogP contribution in [0.3, 0.4) is 0 Å². The zero-order valence-corrected chi connectivity index (χ0v) is 29.0. The van der Waals surface area contributed by atoms with Crippen molar-refractivity contribution in [3.05, 3.63) is 64.4 Å². The normalized spacial score (nSPS) is 18.0. The van der Waals surface area contributed by atoms with E-state index in [1.54, 1.807) is 24.8 Å². The summed E-state index contributed by atoms with van der Waals surface area (Å²) < 4.78 is 46.4. The predicted molar refractivity (Wildman–Crippen MR) is 181 cm³/mol. The highest BCUT2D eigenvalue weighted by atomic mass is 35.5. The number of rotatable bonds is 12. The van der Waals surface area contributed by atoms with Crippen LogP contribution in [-0.4, -0.2) is 77.4 Å². The monoisotopic (exact) mass is 709 g/mol. The van der Waals surface area contributed by atoms with Gasteiger partial charge in [0.05, 0.1) is 5.69 Å². The molecule has 2 fully saturated rings. The van der Waals surface area contributed by atoms with E-state index in [0.717, 1.165) is 31.4 Å². The summed E-state index contributed by atoms with van der Waals surface area (Å²) in [5, 5.41) is 5.62. The van der Waals surface area contributed by atoms with Gasteiger partial charge in [-0.05, 0) is 74.5 Å². The number of carbonyl (C=O) groups excluding carboxylic acids is 4. The van der Waals surface area contributed by atoms with Crippen LogP contribution in [0.2, 0.25) is 5.02 Å². The lowest BCUT2D eigenvalue weighted by molar-refractivity contribution is -0.144. The molecule has 0 aromatic heterocycles. The van der Waals surface area contributed by atoms with Crippen molar-refractivity contribution in [3.8, 4) is 0 Å². The van der Waals surface area contributed by atoms with E-state index in [2.05, 4.69) is 20.3 Å². The molecule has 2 aromatic rings. The molecule has 14 heteroatoms. The highest BCUT2D eigenvalue weighted by Crippen LogP contribution is 2.42. The first-order valence-electron chi connectivity index (χ1n) is 16.2. The van der Waals surface area contributed by atoms with Crippen molar-refractivity contribution in [2.75, 3.05) is 38.5 Å². The number of halogens is 4. The first-order valence-corrected chi connectivity index (χ1v) is 17.4. The second-order valence-corrected chi connectivity index (χ2v) is 14.3. The quantitative estimate of drug-likeness (QED) is 0.251. The standard InChI is InChI=1S/C34H43ClF3N5O4S/c1-4-29(44)39-28(30(45)43-18-16-42(3)17-19-43)21-22-10-15-27(26(36)20-22)40-31(46)33(2,23-8-6-5-7-9-23)48-41-32(47)34(37,38)24-11-13-25(35)14-12-24/h10-15,20,23,28H,4-9,16-19,21H2,1-3H3,(H,39,44)(H,40,46)(H,41,47)/t28-,33-/m1/s1. The lowest BCUT2D eigenvalue weighted by atomic mass is 9.79. The smallest absolute Gasteiger partial charge is 0.344 e. The van der Waals surface area contributed by atoms with Gasteiger partial charge >= 0.3 is 11.8 Å². The van der Waals surface area contributed by atoms with Crippen LogP contribution in [0.1, 0.15) is 63.5 Å². The minimum Gasteiger partial charge on any atom is -0.344 e. The van der Waals surface area contributed by atoms with Gasteiger partial charge in [0.15, 0.2) is 0 Å². The second-order valence-electron chi connectivity index (χ2n) is 12.6. The Kier molecular flexibility index (Phi) is 12.8. The topological polar surface area (TPSA) is 111 Å². The van der Waals surface area contributed by atoms with Gasteiger partial charge in [-0.25, -0.2) is 4.39 Å². The van der Waals surface area contributed by atoms with Gasteiger partial charge in [0.2, 0.25) is 17.7 Å². The van der Waals surface area contributed by atoms with Crippen molar-refractivity contribution in [1.82, 2.24) is 19.8 Å². The third-order valence-corrected chi connectivity index (χ3v) is 10.7. The molecule has 262 valence electrons. The van der Waals surface area contributed by atoms with E-state index in [0.29, 0.717) is 56.5 Å². The molecule has 1 saturated carbocycles. The maximum Gasteiger partial charge on any atom is 0.350 e. The van der Waals surface area contributed by atoms with Gasteiger partial charge < -0.3 is 20.4 Å². The van der Waals surface area contributed by atoms with E-state index in [1.165, 1.54) is 24.3 Å². The molecular weight excluding hydrogens is 667 g/mol. The maximum absolute atomic E-state index is 15.5. The molecule has 1 heterocycles. The number of nitrogens with zero attached hydrogens (tertiary/aromatic N) is 2. The van der Waals surface area contributed by atoms with Crippen LogP contribution in [0.15, 0.2) is 42.5 Å². The number of likely N-dealkylation sites (N-methyl/N-ethyl adjacent to an activating group) is 1. The number of alkyl halides is 2. The molecule has 0 bridgehead atoms. The molecule has 1 aliphatic carbocycles. The molecule has 2 aliphatic rings. The predicted octanol–water partition coefficient (Wildman–Crippen LogP) is 5.52. The Morgan fingerprint density at radius 1 is 0.979 bits per heavy atom. The van der Waals surface area contributed by atoms with Crippen LogP contribution in [0.4, 0.5) is 18.9 Å². The van der Waals surface area contributed by atoms with Crippen LogP contribution in [-0.2, 0) is 31.5 Å². The van der Waals surface area contributed by atoms with Crippen molar-refractivity contribution in [2.24, 2.45) is 5.92 Å². The fraction of sp³-hybridized carbons (Fsp3) is 0.529. The fourth-order valence-corrected chi connectivity index (χ4v) is 7.09. The number of carbonyl (C=O) groups is 4. The first kappa shape index (κ1) is 37.5. The summed E-state index contributed by atoms with van der Waals surface area (Å²) in [6.45, 7) is 5.70. The zero-order valence-electron chi connectivity index (χ0n) is 27.4. The fourth-order valence-electron chi connectivity index (χ4n) is 5.99. The number of hydrogen-bond acceptors (Lipinski definition) is 6. The molecule has 0 spiro atoms. The van der Waals surface area contributed by atoms with Gasteiger partial charge in [-0.1, -0.05) is 56.0 Å². The summed E-state index contributed by atoms with van der Waals surface area (Å²) in [6.07, 6.45) is 4.12. The summed E-state index contributed by atoms with van der Waals surface area (Å²) in [5.41, 5.74) is -0.239. The Hall–Kier alpha value is -3.29. The lowest BCUT2D eigenvalue weighted by Crippen LogP contribution is -2.54. The Bertz CT molecular complexity index is 1470. The average molecular weight is 710 g/mol. The number of benzene rings is 2. The number of amides is 4. The third kappa shape index (κ3) is 9.23. The molecule has 48 heavy (non-hydrogen) atoms. The van der Waals surface area contributed by atoms with Crippen LogP contribution >= 0.6 is 23.5 Å². The van der Waals surface area contributed by atoms with Crippen LogP contribution in [0, 0.1) is 11.7 Å². The Balaban J connectivity index is 1.49. The van der Waals surface area contributed by atoms with Crippen molar-refractivity contribution in [2.45, 2.75) is 75.5 Å². The molecule has 4 amide bonds. The molecule has 2 atom stereocenters. The van der Waals surface area contributed by atoms with Gasteiger partial charge in [-0.15, -0.1) is 0 Å². The molecule has 4 rings (SSSR count). The number of hydrogen-bond donors (Lipinski definition) is 3. The first-order chi connectivity index (χ1) is 22.7. The molecule has 1 aliphatic heterocycles. The molecule has 1 saturated heterocycles. The third-order valence-electron chi connectivity index (χ3n) is 9.17. The summed E-state index contributed by atoms with van der Waals surface area (Å²) in [4.78, 5) is 55.9. The number of anilines is 1. The lowest BCUT2D eigenvalue weighted by Gasteiger charge is -2.38. The average Bonchev–Trinajstić information content (AvgIpc) is 3.08. The summed E-state index contributed by atoms with van der Waals surface area (Å²) in [7, 11) is 1.97. The van der Waals surface area contributed by atoms with Gasteiger partial charge in [0, 0.05) is 49.6 Å². The van der Waals surface area contributed by atoms with Crippen LogP contribution < -0.4 is 15.4 Å². The van der Waals surface area contributed by atoms with E-state index in [9.17, 15) is 19.2 Å². The Morgan fingerprint density at radius 2 is 1.62 bits per heavy atom. The largest absolute Gasteiger partial charge is 0.350 e. The molecule has 3 N–H and O–H groups in total. The van der Waals surface area contributed by atoms with Crippen molar-refractivity contribution >= 4 is 52.9 Å². The van der Waals surface area contributed by atoms with E-state index in [1.807, 2.05) is 7.05 Å². The molecule has 0 radical (unpaired) electrons. The minimum absolute atomic E-state index is 0.0472. The Labute approximate surface area is 288 Å². The molecular formula is C34H43ClF3N5O4S. The van der Waals surface area contributed by atoms with Crippen LogP contribution in [0.5, 0.6) is 0 Å². The van der Waals surface area contributed by atoms with Gasteiger partial charge in [0.25, 0.3) is 0 Å². The molecule has 9 nitrogen and oxygen atoms in total. The molecule has 0 unspecified atom stereocenters. The summed E-state index contributed by atoms with van der Waals surface area (Å²) in [5.74, 6) is -7.69. The van der Waals surface area contributed by atoms with Gasteiger partial charge in [-0.2, -0.15) is 8.78 Å². The SMILES string of the molecule is CCC(=O)N[C@H](Cc1ccc(NC(=O)[C@](C)(SNC(=O)C(F)(F)c2ccc(Cl)cc2)C2CCCCC2)c(F)c1)C(=O)N1CCN(C)CC1. The van der Waals surface area contributed by atoms with Gasteiger partial charge in [0.1, 0.15) is 16.6 Å². The van der Waals surface area contributed by atoms with E-state index in [4.69, 9.17) is 11.6 Å². The maximum atomic E-state index is 15.5. The highest BCUT2D eigenvalue weighted by Gasteiger charge is 2.47. The van der Waals surface area contributed by atoms with E-state index in [-0.39, 0.29) is 41.3 Å². The number of nitrogens with one attached hydrogen (secondary N) is 3. The summed E-state index contributed by atoms with van der Waals surface area (Å²) in [6, 6.07) is 7.91. The van der Waals surface area contributed by atoms with E-state index >= 15 is 13.2 Å². The minimum atomic E-state index is -3.89. The second kappa shape index (κ2) is 16.4. The molecule has 2 aromatic carbocycles. The van der Waals surface area contributed by atoms with Crippen molar-refractivity contribution in [1.29, 1.82) is 0 Å².